The number of hydrogen-bond donors (Lipinski definition) is 1. The summed E-state index contributed by atoms with van der Waals surface area (Å²) in [5, 5.41) is 0. The SMILES string of the molecule is O=S(=O)(NCC1CN(C2CC2)CCO1)c1ccc(OCC(F)F)cc1. The van der Waals surface area contributed by atoms with E-state index in [2.05, 4.69) is 9.62 Å². The van der Waals surface area contributed by atoms with Crippen molar-refractivity contribution in [2.45, 2.75) is 36.3 Å². The van der Waals surface area contributed by atoms with Gasteiger partial charge in [0.05, 0.1) is 17.6 Å². The van der Waals surface area contributed by atoms with Crippen LogP contribution in [0.15, 0.2) is 29.2 Å². The number of nitrogens with zero attached hydrogens (tertiary/aromatic N) is 1. The van der Waals surface area contributed by atoms with Crippen LogP contribution in [0.2, 0.25) is 0 Å². The molecule has 1 aromatic carbocycles. The molecule has 1 saturated carbocycles. The van der Waals surface area contributed by atoms with E-state index in [0.717, 1.165) is 13.1 Å². The molecular formula is C16H22F2N2O4S. The number of ether oxygens (including phenoxy) is 2. The van der Waals surface area contributed by atoms with Crippen molar-refractivity contribution in [1.29, 1.82) is 0 Å². The summed E-state index contributed by atoms with van der Waals surface area (Å²) in [4.78, 5) is 2.41. The van der Waals surface area contributed by atoms with E-state index in [1.54, 1.807) is 0 Å². The number of benzene rings is 1. The van der Waals surface area contributed by atoms with E-state index in [9.17, 15) is 17.2 Å². The van der Waals surface area contributed by atoms with Gasteiger partial charge >= 0.3 is 0 Å². The van der Waals surface area contributed by atoms with E-state index in [4.69, 9.17) is 9.47 Å². The summed E-state index contributed by atoms with van der Waals surface area (Å²) in [5.74, 6) is 0.204. The third-order valence-electron chi connectivity index (χ3n) is 4.24. The van der Waals surface area contributed by atoms with Crippen molar-refractivity contribution in [3.8, 4) is 5.75 Å². The van der Waals surface area contributed by atoms with Gasteiger partial charge in [-0.1, -0.05) is 0 Å². The highest BCUT2D eigenvalue weighted by Crippen LogP contribution is 2.28. The van der Waals surface area contributed by atoms with Crippen LogP contribution in [0.5, 0.6) is 5.75 Å². The lowest BCUT2D eigenvalue weighted by Gasteiger charge is -2.33. The number of sulfonamides is 1. The van der Waals surface area contributed by atoms with E-state index < -0.39 is 23.1 Å². The molecule has 1 unspecified atom stereocenters. The molecule has 140 valence electrons. The summed E-state index contributed by atoms with van der Waals surface area (Å²) in [7, 11) is -3.68. The third kappa shape index (κ3) is 5.34. The van der Waals surface area contributed by atoms with E-state index in [-0.39, 0.29) is 23.3 Å². The maximum atomic E-state index is 12.3. The smallest absolute Gasteiger partial charge is 0.272 e. The maximum absolute atomic E-state index is 12.3. The molecule has 2 fully saturated rings. The summed E-state index contributed by atoms with van der Waals surface area (Å²) in [5.41, 5.74) is 0. The van der Waals surface area contributed by atoms with Gasteiger partial charge in [-0.2, -0.15) is 0 Å². The monoisotopic (exact) mass is 376 g/mol. The zero-order valence-electron chi connectivity index (χ0n) is 13.7. The Morgan fingerprint density at radius 1 is 1.28 bits per heavy atom. The lowest BCUT2D eigenvalue weighted by atomic mass is 10.2. The first-order valence-electron chi connectivity index (χ1n) is 8.30. The van der Waals surface area contributed by atoms with Gasteiger partial charge in [-0.3, -0.25) is 4.90 Å². The van der Waals surface area contributed by atoms with Gasteiger partial charge in [-0.25, -0.2) is 21.9 Å². The normalized spacial score (nSPS) is 22.3. The van der Waals surface area contributed by atoms with Crippen LogP contribution in [-0.2, 0) is 14.8 Å². The predicted octanol–water partition coefficient (Wildman–Crippen LogP) is 1.47. The average Bonchev–Trinajstić information content (AvgIpc) is 3.44. The zero-order valence-corrected chi connectivity index (χ0v) is 14.6. The molecule has 0 aromatic heterocycles. The fraction of sp³-hybridized carbons (Fsp3) is 0.625. The number of morpholine rings is 1. The molecule has 0 bridgehead atoms. The van der Waals surface area contributed by atoms with Gasteiger partial charge in [-0.05, 0) is 37.1 Å². The highest BCUT2D eigenvalue weighted by Gasteiger charge is 2.33. The molecule has 6 nitrogen and oxygen atoms in total. The Balaban J connectivity index is 1.52. The predicted molar refractivity (Wildman–Crippen MR) is 87.5 cm³/mol. The lowest BCUT2D eigenvalue weighted by Crippen LogP contribution is -2.48. The van der Waals surface area contributed by atoms with E-state index in [0.29, 0.717) is 12.6 Å². The second-order valence-electron chi connectivity index (χ2n) is 6.24. The maximum Gasteiger partial charge on any atom is 0.272 e. The summed E-state index contributed by atoms with van der Waals surface area (Å²) in [6, 6.07) is 6.03. The Morgan fingerprint density at radius 3 is 2.64 bits per heavy atom. The van der Waals surface area contributed by atoms with Gasteiger partial charge < -0.3 is 9.47 Å². The zero-order chi connectivity index (χ0) is 17.9. The van der Waals surface area contributed by atoms with Gasteiger partial charge in [0.25, 0.3) is 6.43 Å². The van der Waals surface area contributed by atoms with E-state index in [1.165, 1.54) is 37.1 Å². The Morgan fingerprint density at radius 2 is 2.00 bits per heavy atom. The number of alkyl halides is 2. The summed E-state index contributed by atoms with van der Waals surface area (Å²) >= 11 is 0. The molecule has 1 atom stereocenters. The van der Waals surface area contributed by atoms with Crippen LogP contribution in [0.3, 0.4) is 0 Å². The van der Waals surface area contributed by atoms with Gasteiger partial charge in [0, 0.05) is 25.7 Å². The third-order valence-corrected chi connectivity index (χ3v) is 5.68. The fourth-order valence-electron chi connectivity index (χ4n) is 2.80. The summed E-state index contributed by atoms with van der Waals surface area (Å²) in [6.07, 6.45) is -0.329. The molecule has 9 heteroatoms. The minimum atomic E-state index is -3.68. The van der Waals surface area contributed by atoms with Crippen LogP contribution in [0.25, 0.3) is 0 Å². The Kier molecular flexibility index (Phi) is 5.88. The first-order valence-corrected chi connectivity index (χ1v) is 9.79. The first kappa shape index (κ1) is 18.5. The van der Waals surface area contributed by atoms with Gasteiger partial charge in [0.2, 0.25) is 10.0 Å². The van der Waals surface area contributed by atoms with Crippen molar-refractivity contribution in [2.24, 2.45) is 0 Å². The number of rotatable bonds is 8. The van der Waals surface area contributed by atoms with Crippen LogP contribution >= 0.6 is 0 Å². The average molecular weight is 376 g/mol. The van der Waals surface area contributed by atoms with Crippen LogP contribution < -0.4 is 9.46 Å². The van der Waals surface area contributed by atoms with Crippen molar-refractivity contribution < 1.29 is 26.7 Å². The highest BCUT2D eigenvalue weighted by molar-refractivity contribution is 7.89. The molecule has 1 saturated heterocycles. The van der Waals surface area contributed by atoms with E-state index in [1.807, 2.05) is 0 Å². The molecule has 2 aliphatic rings. The topological polar surface area (TPSA) is 67.9 Å². The van der Waals surface area contributed by atoms with Crippen molar-refractivity contribution in [3.63, 3.8) is 0 Å². The highest BCUT2D eigenvalue weighted by atomic mass is 32.2. The lowest BCUT2D eigenvalue weighted by molar-refractivity contribution is -0.0277. The van der Waals surface area contributed by atoms with Crippen molar-refractivity contribution in [1.82, 2.24) is 9.62 Å². The van der Waals surface area contributed by atoms with Crippen LogP contribution in [0.1, 0.15) is 12.8 Å². The van der Waals surface area contributed by atoms with Gasteiger partial charge in [0.1, 0.15) is 12.4 Å². The minimum Gasteiger partial charge on any atom is -0.488 e. The molecule has 1 aromatic rings. The standard InChI is InChI=1S/C16H22F2N2O4S/c17-16(18)11-24-13-3-5-15(6-4-13)25(21,22)19-9-14-10-20(7-8-23-14)12-1-2-12/h3-6,12,14,16,19H,1-2,7-11H2. The Hall–Kier alpha value is -1.29. The summed E-state index contributed by atoms with van der Waals surface area (Å²) < 4.78 is 61.9. The second-order valence-corrected chi connectivity index (χ2v) is 8.01. The van der Waals surface area contributed by atoms with Crippen molar-refractivity contribution >= 4 is 10.0 Å². The molecule has 1 aliphatic carbocycles. The van der Waals surface area contributed by atoms with Gasteiger partial charge in [0.15, 0.2) is 0 Å². The van der Waals surface area contributed by atoms with Crippen LogP contribution in [0.4, 0.5) is 8.78 Å². The molecule has 25 heavy (non-hydrogen) atoms. The largest absolute Gasteiger partial charge is 0.488 e. The molecule has 1 heterocycles. The molecule has 0 amide bonds. The number of nitrogens with one attached hydrogen (secondary N) is 1. The number of hydrogen-bond acceptors (Lipinski definition) is 5. The number of halogens is 2. The molecule has 3 rings (SSSR count). The molecule has 0 spiro atoms. The quantitative estimate of drug-likeness (QED) is 0.744. The molecular weight excluding hydrogens is 354 g/mol. The summed E-state index contributed by atoms with van der Waals surface area (Å²) in [6.45, 7) is 1.72. The molecule has 1 N–H and O–H groups in total. The Labute approximate surface area is 146 Å². The fourth-order valence-corrected chi connectivity index (χ4v) is 3.86. The van der Waals surface area contributed by atoms with E-state index >= 15 is 0 Å². The van der Waals surface area contributed by atoms with Crippen LogP contribution in [-0.4, -0.2) is 64.7 Å². The Bertz CT molecular complexity index is 665. The van der Waals surface area contributed by atoms with Crippen molar-refractivity contribution in [2.75, 3.05) is 32.8 Å². The molecule has 0 radical (unpaired) electrons. The van der Waals surface area contributed by atoms with Crippen LogP contribution in [0, 0.1) is 0 Å². The first-order chi connectivity index (χ1) is 11.9. The molecule has 1 aliphatic heterocycles. The van der Waals surface area contributed by atoms with Crippen molar-refractivity contribution in [3.05, 3.63) is 24.3 Å². The van der Waals surface area contributed by atoms with Gasteiger partial charge in [-0.15, -0.1) is 0 Å². The minimum absolute atomic E-state index is 0.0618. The second kappa shape index (κ2) is 7.94.